The zero-order valence-corrected chi connectivity index (χ0v) is 13.4. The van der Waals surface area contributed by atoms with E-state index in [0.717, 1.165) is 43.9 Å². The Hall–Kier alpha value is -1.65. The molecule has 1 aromatic carbocycles. The van der Waals surface area contributed by atoms with E-state index in [1.807, 2.05) is 22.4 Å². The third kappa shape index (κ3) is 2.57. The Morgan fingerprint density at radius 3 is 2.77 bits per heavy atom. The van der Waals surface area contributed by atoms with E-state index < -0.39 is 0 Å². The van der Waals surface area contributed by atoms with E-state index in [0.29, 0.717) is 6.04 Å². The molecular formula is C18H20N2OS. The van der Waals surface area contributed by atoms with Crippen LogP contribution < -0.4 is 0 Å². The van der Waals surface area contributed by atoms with Crippen molar-refractivity contribution in [3.8, 4) is 0 Å². The zero-order valence-electron chi connectivity index (χ0n) is 12.6. The number of benzene rings is 1. The molecule has 0 N–H and O–H groups in total. The van der Waals surface area contributed by atoms with Gasteiger partial charge in [0.05, 0.1) is 4.88 Å². The highest BCUT2D eigenvalue weighted by molar-refractivity contribution is 7.12. The third-order valence-electron chi connectivity index (χ3n) is 4.86. The lowest BCUT2D eigenvalue weighted by atomic mass is 9.98. The Kier molecular flexibility index (Phi) is 3.72. The summed E-state index contributed by atoms with van der Waals surface area (Å²) < 4.78 is 0. The molecule has 1 unspecified atom stereocenters. The van der Waals surface area contributed by atoms with Crippen LogP contribution in [0.4, 0.5) is 0 Å². The Morgan fingerprint density at radius 1 is 1.09 bits per heavy atom. The molecule has 4 rings (SSSR count). The highest BCUT2D eigenvalue weighted by Gasteiger charge is 2.32. The molecule has 114 valence electrons. The number of hydrogen-bond acceptors (Lipinski definition) is 3. The summed E-state index contributed by atoms with van der Waals surface area (Å²) in [6.07, 6.45) is 2.23. The van der Waals surface area contributed by atoms with E-state index in [1.165, 1.54) is 11.1 Å². The maximum atomic E-state index is 12.5. The normalized spacial score (nSPS) is 21.8. The molecule has 1 aromatic heterocycles. The first-order chi connectivity index (χ1) is 10.8. The van der Waals surface area contributed by atoms with Crippen molar-refractivity contribution in [3.05, 3.63) is 57.8 Å². The van der Waals surface area contributed by atoms with Crippen LogP contribution in [0.2, 0.25) is 0 Å². The number of likely N-dealkylation sites (tertiary alicyclic amines) is 1. The zero-order chi connectivity index (χ0) is 14.9. The number of rotatable bonds is 2. The van der Waals surface area contributed by atoms with Crippen LogP contribution in [-0.2, 0) is 13.0 Å². The monoisotopic (exact) mass is 312 g/mol. The maximum Gasteiger partial charge on any atom is 0.263 e. The summed E-state index contributed by atoms with van der Waals surface area (Å²) in [5, 5.41) is 1.97. The summed E-state index contributed by atoms with van der Waals surface area (Å²) in [5.41, 5.74) is 2.94. The fourth-order valence-corrected chi connectivity index (χ4v) is 4.30. The number of nitrogens with zero attached hydrogens (tertiary/aromatic N) is 2. The number of carbonyl (C=O) groups is 1. The van der Waals surface area contributed by atoms with Gasteiger partial charge in [0, 0.05) is 32.2 Å². The van der Waals surface area contributed by atoms with Gasteiger partial charge in [-0.3, -0.25) is 9.69 Å². The minimum absolute atomic E-state index is 0.204. The molecule has 0 spiro atoms. The molecule has 3 nitrogen and oxygen atoms in total. The van der Waals surface area contributed by atoms with Crippen molar-refractivity contribution >= 4 is 17.2 Å². The molecule has 4 heteroatoms. The van der Waals surface area contributed by atoms with Gasteiger partial charge in [0.2, 0.25) is 0 Å². The van der Waals surface area contributed by atoms with Crippen molar-refractivity contribution in [3.63, 3.8) is 0 Å². The van der Waals surface area contributed by atoms with Crippen LogP contribution in [0.1, 0.15) is 27.2 Å². The highest BCUT2D eigenvalue weighted by atomic mass is 32.1. The topological polar surface area (TPSA) is 23.6 Å². The van der Waals surface area contributed by atoms with Crippen LogP contribution >= 0.6 is 11.3 Å². The molecule has 0 radical (unpaired) electrons. The van der Waals surface area contributed by atoms with Gasteiger partial charge < -0.3 is 4.90 Å². The van der Waals surface area contributed by atoms with E-state index in [2.05, 4.69) is 29.2 Å². The minimum atomic E-state index is 0.204. The molecule has 0 aliphatic carbocycles. The molecule has 2 aliphatic heterocycles. The number of thiophene rings is 1. The highest BCUT2D eigenvalue weighted by Crippen LogP contribution is 2.25. The molecule has 1 saturated heterocycles. The van der Waals surface area contributed by atoms with Crippen molar-refractivity contribution in [1.82, 2.24) is 9.80 Å². The van der Waals surface area contributed by atoms with Crippen molar-refractivity contribution in [1.29, 1.82) is 0 Å². The summed E-state index contributed by atoms with van der Waals surface area (Å²) in [4.78, 5) is 17.9. The summed E-state index contributed by atoms with van der Waals surface area (Å²) in [5.74, 6) is 0.204. The van der Waals surface area contributed by atoms with E-state index in [4.69, 9.17) is 0 Å². The SMILES string of the molecule is O=C(c1cccs1)N1CCC(N2CCc3ccccc3C2)C1. The molecular weight excluding hydrogens is 292 g/mol. The molecule has 22 heavy (non-hydrogen) atoms. The lowest BCUT2D eigenvalue weighted by Crippen LogP contribution is -2.41. The van der Waals surface area contributed by atoms with Gasteiger partial charge in [-0.15, -0.1) is 11.3 Å². The number of amides is 1. The van der Waals surface area contributed by atoms with Gasteiger partial charge in [-0.05, 0) is 35.4 Å². The largest absolute Gasteiger partial charge is 0.336 e. The quantitative estimate of drug-likeness (QED) is 0.851. The minimum Gasteiger partial charge on any atom is -0.336 e. The molecule has 3 heterocycles. The Labute approximate surface area is 135 Å². The first kappa shape index (κ1) is 14.0. The molecule has 1 atom stereocenters. The molecule has 1 amide bonds. The summed E-state index contributed by atoms with van der Waals surface area (Å²) in [6.45, 7) is 3.91. The van der Waals surface area contributed by atoms with Crippen LogP contribution in [0.3, 0.4) is 0 Å². The van der Waals surface area contributed by atoms with Gasteiger partial charge in [-0.25, -0.2) is 0 Å². The van der Waals surface area contributed by atoms with Crippen LogP contribution in [0.15, 0.2) is 41.8 Å². The first-order valence-electron chi connectivity index (χ1n) is 7.95. The molecule has 1 fully saturated rings. The Bertz CT molecular complexity index is 667. The van der Waals surface area contributed by atoms with Gasteiger partial charge >= 0.3 is 0 Å². The predicted molar refractivity (Wildman–Crippen MR) is 89.2 cm³/mol. The number of carbonyl (C=O) groups excluding carboxylic acids is 1. The van der Waals surface area contributed by atoms with E-state index in [9.17, 15) is 4.79 Å². The van der Waals surface area contributed by atoms with Gasteiger partial charge in [-0.2, -0.15) is 0 Å². The fraction of sp³-hybridized carbons (Fsp3) is 0.389. The first-order valence-corrected chi connectivity index (χ1v) is 8.83. The van der Waals surface area contributed by atoms with Gasteiger partial charge in [0.1, 0.15) is 0 Å². The second-order valence-corrected chi connectivity index (χ2v) is 7.11. The predicted octanol–water partition coefficient (Wildman–Crippen LogP) is 3.02. The van der Waals surface area contributed by atoms with Gasteiger partial charge in [0.15, 0.2) is 0 Å². The second-order valence-electron chi connectivity index (χ2n) is 6.16. The van der Waals surface area contributed by atoms with Crippen LogP contribution in [0, 0.1) is 0 Å². The van der Waals surface area contributed by atoms with Gasteiger partial charge in [-0.1, -0.05) is 30.3 Å². The van der Waals surface area contributed by atoms with E-state index in [-0.39, 0.29) is 5.91 Å². The van der Waals surface area contributed by atoms with E-state index >= 15 is 0 Å². The number of fused-ring (bicyclic) bond motifs is 1. The maximum absolute atomic E-state index is 12.5. The Balaban J connectivity index is 1.42. The van der Waals surface area contributed by atoms with Gasteiger partial charge in [0.25, 0.3) is 5.91 Å². The molecule has 0 saturated carbocycles. The standard InChI is InChI=1S/C18H20N2OS/c21-18(17-6-3-11-22-17)20-10-8-16(13-20)19-9-7-14-4-1-2-5-15(14)12-19/h1-6,11,16H,7-10,12-13H2. The van der Waals surface area contributed by atoms with Crippen molar-refractivity contribution in [2.75, 3.05) is 19.6 Å². The van der Waals surface area contributed by atoms with Crippen molar-refractivity contribution in [2.45, 2.75) is 25.4 Å². The summed E-state index contributed by atoms with van der Waals surface area (Å²) in [6, 6.07) is 13.1. The third-order valence-corrected chi connectivity index (χ3v) is 5.72. The van der Waals surface area contributed by atoms with E-state index in [1.54, 1.807) is 11.3 Å². The van der Waals surface area contributed by atoms with Crippen molar-refractivity contribution < 1.29 is 4.79 Å². The van der Waals surface area contributed by atoms with Crippen LogP contribution in [0.5, 0.6) is 0 Å². The lowest BCUT2D eigenvalue weighted by molar-refractivity contribution is 0.0778. The van der Waals surface area contributed by atoms with Crippen LogP contribution in [0.25, 0.3) is 0 Å². The van der Waals surface area contributed by atoms with Crippen LogP contribution in [-0.4, -0.2) is 41.4 Å². The Morgan fingerprint density at radius 2 is 1.95 bits per heavy atom. The molecule has 2 aliphatic rings. The fourth-order valence-electron chi connectivity index (χ4n) is 3.61. The summed E-state index contributed by atoms with van der Waals surface area (Å²) >= 11 is 1.54. The smallest absolute Gasteiger partial charge is 0.263 e. The second kappa shape index (κ2) is 5.86. The average Bonchev–Trinajstić information content (AvgIpc) is 3.25. The average molecular weight is 312 g/mol. The molecule has 0 bridgehead atoms. The summed E-state index contributed by atoms with van der Waals surface area (Å²) in [7, 11) is 0. The number of hydrogen-bond donors (Lipinski definition) is 0. The van der Waals surface area contributed by atoms with Crippen molar-refractivity contribution in [2.24, 2.45) is 0 Å². The molecule has 2 aromatic rings. The lowest BCUT2D eigenvalue weighted by Gasteiger charge is -2.33.